The summed E-state index contributed by atoms with van der Waals surface area (Å²) in [6.07, 6.45) is 12.0. The molecular weight excluding hydrogens is 347 g/mol. The molecule has 0 saturated carbocycles. The van der Waals surface area contributed by atoms with E-state index in [2.05, 4.69) is 11.4 Å². The molecule has 0 aromatic rings. The molecule has 1 N–H and O–H groups in total. The van der Waals surface area contributed by atoms with Crippen molar-refractivity contribution in [2.75, 3.05) is 13.2 Å². The fraction of sp³-hybridized carbons (Fsp3) is 0.941. The van der Waals surface area contributed by atoms with Crippen LogP contribution < -0.4 is 9.79 Å². The van der Waals surface area contributed by atoms with Crippen molar-refractivity contribution in [3.8, 4) is 0 Å². The summed E-state index contributed by atoms with van der Waals surface area (Å²) >= 11 is 0. The topological polar surface area (TPSA) is 119 Å². The van der Waals surface area contributed by atoms with E-state index < -0.39 is 26.5 Å². The van der Waals surface area contributed by atoms with Crippen LogP contribution in [0.5, 0.6) is 0 Å². The lowest BCUT2D eigenvalue weighted by Crippen LogP contribution is -2.26. The van der Waals surface area contributed by atoms with Gasteiger partial charge in [0.25, 0.3) is 0 Å². The second-order valence-electron chi connectivity index (χ2n) is 6.37. The second kappa shape index (κ2) is 15.8. The molecule has 150 valence electrons. The van der Waals surface area contributed by atoms with Crippen LogP contribution >= 0.6 is 7.82 Å². The summed E-state index contributed by atoms with van der Waals surface area (Å²) in [4.78, 5) is 31.9. The molecule has 0 amide bonds. The van der Waals surface area contributed by atoms with E-state index in [-0.39, 0.29) is 13.0 Å². The average Bonchev–Trinajstić information content (AvgIpc) is 2.55. The molecule has 0 saturated heterocycles. The van der Waals surface area contributed by atoms with Gasteiger partial charge in [0.2, 0.25) is 0 Å². The van der Waals surface area contributed by atoms with Gasteiger partial charge >= 0.3 is 5.97 Å². The summed E-state index contributed by atoms with van der Waals surface area (Å²) < 4.78 is 18.9. The van der Waals surface area contributed by atoms with Crippen LogP contribution in [-0.2, 0) is 18.6 Å². The molecule has 0 aromatic heterocycles. The molecule has 1 unspecified atom stereocenters. The lowest BCUT2D eigenvalue weighted by Gasteiger charge is -2.29. The van der Waals surface area contributed by atoms with E-state index >= 15 is 0 Å². The predicted molar refractivity (Wildman–Crippen MR) is 91.6 cm³/mol. The first-order chi connectivity index (χ1) is 11.8. The third kappa shape index (κ3) is 19.7. The quantitative estimate of drug-likeness (QED) is 0.234. The zero-order valence-corrected chi connectivity index (χ0v) is 16.2. The van der Waals surface area contributed by atoms with Crippen LogP contribution in [0.2, 0.25) is 0 Å². The Bertz CT molecular complexity index is 370. The lowest BCUT2D eigenvalue weighted by atomic mass is 10.1. The maximum atomic E-state index is 11.5. The van der Waals surface area contributed by atoms with Crippen molar-refractivity contribution in [1.82, 2.24) is 0 Å². The minimum absolute atomic E-state index is 0.270. The third-order valence-electron chi connectivity index (χ3n) is 3.85. The van der Waals surface area contributed by atoms with Crippen LogP contribution in [0.15, 0.2) is 0 Å². The molecule has 8 heteroatoms. The summed E-state index contributed by atoms with van der Waals surface area (Å²) in [5, 5.41) is 9.32. The highest BCUT2D eigenvalue weighted by Crippen LogP contribution is 2.24. The van der Waals surface area contributed by atoms with Crippen LogP contribution in [-0.4, -0.2) is 30.4 Å². The smallest absolute Gasteiger partial charge is 0.305 e. The van der Waals surface area contributed by atoms with Crippen molar-refractivity contribution < 1.29 is 33.5 Å². The molecule has 0 aromatic carbocycles. The van der Waals surface area contributed by atoms with Crippen LogP contribution in [0.25, 0.3) is 0 Å². The van der Waals surface area contributed by atoms with Crippen molar-refractivity contribution in [1.29, 1.82) is 0 Å². The van der Waals surface area contributed by atoms with E-state index in [1.165, 1.54) is 51.4 Å². The standard InChI is InChI=1S/C17H35O7P/c1-2-3-4-5-6-7-8-9-10-11-12-13-17(19)23-14-16(18)15-24-25(20,21)22/h16,18H,2-15H2,1H3,(H2,20,21,22)/p-2. The van der Waals surface area contributed by atoms with Crippen molar-refractivity contribution in [3.05, 3.63) is 0 Å². The largest absolute Gasteiger partial charge is 0.790 e. The third-order valence-corrected chi connectivity index (χ3v) is 4.31. The summed E-state index contributed by atoms with van der Waals surface area (Å²) in [6, 6.07) is 0. The van der Waals surface area contributed by atoms with Gasteiger partial charge in [0, 0.05) is 6.42 Å². The Morgan fingerprint density at radius 1 is 0.920 bits per heavy atom. The summed E-state index contributed by atoms with van der Waals surface area (Å²) in [7, 11) is -5.11. The lowest BCUT2D eigenvalue weighted by molar-refractivity contribution is -0.342. The number of aliphatic hydroxyl groups is 1. The van der Waals surface area contributed by atoms with Gasteiger partial charge in [-0.3, -0.25) is 4.79 Å². The fourth-order valence-corrected chi connectivity index (χ4v) is 2.77. The molecule has 0 bridgehead atoms. The van der Waals surface area contributed by atoms with E-state index in [9.17, 15) is 24.3 Å². The Kier molecular flexibility index (Phi) is 15.5. The predicted octanol–water partition coefficient (Wildman–Crippen LogP) is 2.44. The molecular formula is C17H33O7P-2. The molecule has 0 aliphatic heterocycles. The van der Waals surface area contributed by atoms with Crippen LogP contribution in [0.4, 0.5) is 0 Å². The maximum Gasteiger partial charge on any atom is 0.305 e. The Hall–Kier alpha value is -0.460. The van der Waals surface area contributed by atoms with Gasteiger partial charge < -0.3 is 28.7 Å². The molecule has 0 spiro atoms. The first-order valence-electron chi connectivity index (χ1n) is 9.35. The Labute approximate surface area is 151 Å². The number of carbonyl (C=O) groups is 1. The monoisotopic (exact) mass is 380 g/mol. The number of hydrogen-bond donors (Lipinski definition) is 1. The SMILES string of the molecule is CCCCCCCCCCCCCC(=O)OCC(O)COP(=O)([O-])[O-]. The minimum Gasteiger partial charge on any atom is -0.790 e. The van der Waals surface area contributed by atoms with Crippen LogP contribution in [0, 0.1) is 0 Å². The number of rotatable bonds is 17. The van der Waals surface area contributed by atoms with Crippen molar-refractivity contribution in [2.45, 2.75) is 90.1 Å². The molecule has 7 nitrogen and oxygen atoms in total. The van der Waals surface area contributed by atoms with Gasteiger partial charge in [-0.25, -0.2) is 0 Å². The Balaban J connectivity index is 3.37. The van der Waals surface area contributed by atoms with Crippen molar-refractivity contribution in [3.63, 3.8) is 0 Å². The average molecular weight is 380 g/mol. The molecule has 0 rings (SSSR count). The van der Waals surface area contributed by atoms with Gasteiger partial charge in [-0.1, -0.05) is 71.1 Å². The highest BCUT2D eigenvalue weighted by atomic mass is 31.2. The molecule has 0 radical (unpaired) electrons. The van der Waals surface area contributed by atoms with E-state index in [0.717, 1.165) is 19.3 Å². The van der Waals surface area contributed by atoms with E-state index in [0.29, 0.717) is 0 Å². The number of hydrogen-bond acceptors (Lipinski definition) is 7. The van der Waals surface area contributed by atoms with Gasteiger partial charge in [-0.15, -0.1) is 0 Å². The number of phosphoric ester groups is 1. The van der Waals surface area contributed by atoms with Gasteiger partial charge in [-0.2, -0.15) is 0 Å². The highest BCUT2D eigenvalue weighted by molar-refractivity contribution is 7.43. The van der Waals surface area contributed by atoms with Gasteiger partial charge in [0.05, 0.1) is 14.4 Å². The minimum atomic E-state index is -5.11. The highest BCUT2D eigenvalue weighted by Gasteiger charge is 2.09. The van der Waals surface area contributed by atoms with E-state index in [1.807, 2.05) is 0 Å². The van der Waals surface area contributed by atoms with Gasteiger partial charge in [0.1, 0.15) is 12.7 Å². The number of aliphatic hydroxyl groups excluding tert-OH is 1. The first-order valence-corrected chi connectivity index (χ1v) is 10.8. The molecule has 1 atom stereocenters. The van der Waals surface area contributed by atoms with Crippen LogP contribution in [0.1, 0.15) is 84.0 Å². The maximum absolute atomic E-state index is 11.5. The molecule has 0 aliphatic rings. The number of phosphoric acid groups is 1. The Morgan fingerprint density at radius 2 is 1.40 bits per heavy atom. The van der Waals surface area contributed by atoms with Crippen molar-refractivity contribution >= 4 is 13.8 Å². The van der Waals surface area contributed by atoms with Gasteiger partial charge in [0.15, 0.2) is 0 Å². The summed E-state index contributed by atoms with van der Waals surface area (Å²) in [5.41, 5.74) is 0. The molecule has 0 heterocycles. The van der Waals surface area contributed by atoms with E-state index in [4.69, 9.17) is 4.74 Å². The normalized spacial score (nSPS) is 13.0. The van der Waals surface area contributed by atoms with Gasteiger partial charge in [-0.05, 0) is 6.42 Å². The van der Waals surface area contributed by atoms with E-state index in [1.54, 1.807) is 0 Å². The number of unbranched alkanes of at least 4 members (excludes halogenated alkanes) is 10. The Morgan fingerprint density at radius 3 is 1.88 bits per heavy atom. The fourth-order valence-electron chi connectivity index (χ4n) is 2.42. The van der Waals surface area contributed by atoms with Crippen molar-refractivity contribution in [2.24, 2.45) is 0 Å². The summed E-state index contributed by atoms with van der Waals surface area (Å²) in [6.45, 7) is 1.14. The number of carbonyl (C=O) groups excluding carboxylic acids is 1. The summed E-state index contributed by atoms with van der Waals surface area (Å²) in [5.74, 6) is -0.442. The second-order valence-corrected chi connectivity index (χ2v) is 7.52. The molecule has 0 aliphatic carbocycles. The first kappa shape index (κ1) is 24.5. The zero-order valence-electron chi connectivity index (χ0n) is 15.3. The number of esters is 1. The number of ether oxygens (including phenoxy) is 1. The zero-order chi connectivity index (χ0) is 19.0. The van der Waals surface area contributed by atoms with Crippen LogP contribution in [0.3, 0.4) is 0 Å². The molecule has 25 heavy (non-hydrogen) atoms. The molecule has 0 fully saturated rings.